The lowest BCUT2D eigenvalue weighted by Gasteiger charge is -2.32. The van der Waals surface area contributed by atoms with E-state index in [0.717, 1.165) is 30.1 Å². The van der Waals surface area contributed by atoms with Crippen LogP contribution >= 0.6 is 11.6 Å². The summed E-state index contributed by atoms with van der Waals surface area (Å²) in [5, 5.41) is 3.86. The number of ether oxygens (including phenoxy) is 1. The molecule has 3 N–H and O–H groups in total. The zero-order valence-electron chi connectivity index (χ0n) is 13.6. The first-order valence-electron chi connectivity index (χ1n) is 7.89. The van der Waals surface area contributed by atoms with Gasteiger partial charge in [-0.05, 0) is 30.2 Å². The van der Waals surface area contributed by atoms with Gasteiger partial charge in [0, 0.05) is 37.0 Å². The van der Waals surface area contributed by atoms with Crippen LogP contribution in [0.1, 0.15) is 24.4 Å². The first-order chi connectivity index (χ1) is 11.7. The average Bonchev–Trinajstić information content (AvgIpc) is 2.95. The van der Waals surface area contributed by atoms with E-state index in [0.29, 0.717) is 24.7 Å². The number of anilines is 1. The van der Waals surface area contributed by atoms with E-state index in [2.05, 4.69) is 38.2 Å². The van der Waals surface area contributed by atoms with Crippen molar-refractivity contribution in [3.8, 4) is 12.0 Å². The van der Waals surface area contributed by atoms with Gasteiger partial charge in [0.25, 0.3) is 0 Å². The van der Waals surface area contributed by atoms with Gasteiger partial charge in [-0.2, -0.15) is 9.98 Å². The van der Waals surface area contributed by atoms with Crippen molar-refractivity contribution in [2.75, 3.05) is 32.1 Å². The van der Waals surface area contributed by atoms with Crippen LogP contribution in [0.3, 0.4) is 0 Å². The molecule has 0 aliphatic carbocycles. The SMILES string of the molecule is CNc1ccc(Cl)c(C2COCCCN2C2=NC(N)=NC#CC2)c1. The fraction of sp³-hybridized carbons (Fsp3) is 0.412. The van der Waals surface area contributed by atoms with Crippen LogP contribution in [0, 0.1) is 12.0 Å². The molecular weight excluding hydrogens is 326 g/mol. The first-order valence-corrected chi connectivity index (χ1v) is 8.27. The van der Waals surface area contributed by atoms with Gasteiger partial charge < -0.3 is 20.7 Å². The number of nitrogens with zero attached hydrogens (tertiary/aromatic N) is 3. The molecule has 2 heterocycles. The first kappa shape index (κ1) is 16.6. The molecule has 0 aromatic heterocycles. The zero-order chi connectivity index (χ0) is 16.9. The monoisotopic (exact) mass is 345 g/mol. The maximum Gasteiger partial charge on any atom is 0.230 e. The van der Waals surface area contributed by atoms with Gasteiger partial charge in [0.1, 0.15) is 5.84 Å². The number of nitrogens with one attached hydrogen (secondary N) is 1. The Morgan fingerprint density at radius 3 is 3.17 bits per heavy atom. The smallest absolute Gasteiger partial charge is 0.230 e. The number of hydrogen-bond donors (Lipinski definition) is 2. The Labute approximate surface area is 146 Å². The van der Waals surface area contributed by atoms with Crippen molar-refractivity contribution in [1.82, 2.24) is 4.90 Å². The second-order valence-corrected chi connectivity index (χ2v) is 5.99. The molecule has 3 rings (SSSR count). The van der Waals surface area contributed by atoms with Gasteiger partial charge in [-0.3, -0.25) is 0 Å². The number of guanidine groups is 1. The number of nitrogens with two attached hydrogens (primary N) is 1. The van der Waals surface area contributed by atoms with E-state index in [4.69, 9.17) is 22.1 Å². The van der Waals surface area contributed by atoms with E-state index in [1.165, 1.54) is 0 Å². The van der Waals surface area contributed by atoms with Crippen molar-refractivity contribution in [1.29, 1.82) is 0 Å². The van der Waals surface area contributed by atoms with Crippen LogP contribution in [-0.4, -0.2) is 43.5 Å². The minimum absolute atomic E-state index is 0.0419. The summed E-state index contributed by atoms with van der Waals surface area (Å²) < 4.78 is 5.80. The summed E-state index contributed by atoms with van der Waals surface area (Å²) in [6.07, 6.45) is 1.41. The molecule has 2 aliphatic heterocycles. The average molecular weight is 346 g/mol. The number of aliphatic imine (C=N–C) groups is 2. The molecule has 2 aliphatic rings. The fourth-order valence-electron chi connectivity index (χ4n) is 2.88. The predicted molar refractivity (Wildman–Crippen MR) is 97.3 cm³/mol. The van der Waals surface area contributed by atoms with E-state index in [-0.39, 0.29) is 12.0 Å². The van der Waals surface area contributed by atoms with Crippen molar-refractivity contribution >= 4 is 29.1 Å². The topological polar surface area (TPSA) is 75.2 Å². The Hall–Kier alpha value is -2.23. The molecule has 0 bridgehead atoms. The van der Waals surface area contributed by atoms with Crippen molar-refractivity contribution < 1.29 is 4.74 Å². The fourth-order valence-corrected chi connectivity index (χ4v) is 3.12. The Balaban J connectivity index is 2.00. The van der Waals surface area contributed by atoms with Gasteiger partial charge in [-0.15, -0.1) is 0 Å². The summed E-state index contributed by atoms with van der Waals surface area (Å²) in [6.45, 7) is 2.05. The molecule has 126 valence electrons. The third-order valence-corrected chi connectivity index (χ3v) is 4.40. The lowest BCUT2D eigenvalue weighted by molar-refractivity contribution is 0.118. The van der Waals surface area contributed by atoms with Gasteiger partial charge in [-0.1, -0.05) is 17.5 Å². The molecular formula is C17H20ClN5O. The zero-order valence-corrected chi connectivity index (χ0v) is 14.3. The third kappa shape index (κ3) is 3.64. The molecule has 6 nitrogen and oxygen atoms in total. The Kier molecular flexibility index (Phi) is 5.24. The largest absolute Gasteiger partial charge is 0.388 e. The number of hydrogen-bond acceptors (Lipinski definition) is 6. The standard InChI is InChI=1S/C17H20ClN5O/c1-20-12-5-6-14(18)13(10-12)15-11-24-9-3-8-23(15)16-4-2-7-21-17(19)22-16/h5-6,10,15,20H,3-4,8-9,11H2,1H3,(H2,19,21). The van der Waals surface area contributed by atoms with Crippen LogP contribution in [0.25, 0.3) is 0 Å². The molecule has 1 aromatic carbocycles. The normalized spacial score (nSPS) is 20.9. The van der Waals surface area contributed by atoms with E-state index < -0.39 is 0 Å². The molecule has 0 radical (unpaired) electrons. The van der Waals surface area contributed by atoms with E-state index in [9.17, 15) is 0 Å². The molecule has 0 amide bonds. The summed E-state index contributed by atoms with van der Waals surface area (Å²) in [7, 11) is 1.89. The van der Waals surface area contributed by atoms with Crippen molar-refractivity contribution in [3.05, 3.63) is 28.8 Å². The molecule has 1 fully saturated rings. The maximum absolute atomic E-state index is 6.48. The highest BCUT2D eigenvalue weighted by atomic mass is 35.5. The predicted octanol–water partition coefficient (Wildman–Crippen LogP) is 2.22. The van der Waals surface area contributed by atoms with Crippen LogP contribution in [-0.2, 0) is 4.74 Å². The lowest BCUT2D eigenvalue weighted by Crippen LogP contribution is -2.37. The second kappa shape index (κ2) is 7.56. The number of halogens is 1. The van der Waals surface area contributed by atoms with Gasteiger partial charge >= 0.3 is 0 Å². The van der Waals surface area contributed by atoms with Crippen LogP contribution < -0.4 is 11.1 Å². The van der Waals surface area contributed by atoms with Gasteiger partial charge in [-0.25, -0.2) is 0 Å². The summed E-state index contributed by atoms with van der Waals surface area (Å²) in [6, 6.07) is 8.53. The number of amidine groups is 1. The minimum Gasteiger partial charge on any atom is -0.388 e. The molecule has 0 spiro atoms. The van der Waals surface area contributed by atoms with Gasteiger partial charge in [0.15, 0.2) is 0 Å². The molecule has 1 aromatic rings. The van der Waals surface area contributed by atoms with Crippen LogP contribution in [0.2, 0.25) is 5.02 Å². The summed E-state index contributed by atoms with van der Waals surface area (Å²) in [5.74, 6) is 3.98. The molecule has 7 heteroatoms. The van der Waals surface area contributed by atoms with Crippen molar-refractivity contribution in [2.24, 2.45) is 15.7 Å². The highest BCUT2D eigenvalue weighted by molar-refractivity contribution is 6.31. The highest BCUT2D eigenvalue weighted by Crippen LogP contribution is 2.32. The van der Waals surface area contributed by atoms with Gasteiger partial charge in [0.2, 0.25) is 5.96 Å². The summed E-state index contributed by atoms with van der Waals surface area (Å²) >= 11 is 6.48. The van der Waals surface area contributed by atoms with E-state index in [1.54, 1.807) is 0 Å². The summed E-state index contributed by atoms with van der Waals surface area (Å²) in [5.41, 5.74) is 7.80. The minimum atomic E-state index is -0.0419. The molecule has 1 saturated heterocycles. The maximum atomic E-state index is 6.48. The molecule has 1 unspecified atom stereocenters. The molecule has 24 heavy (non-hydrogen) atoms. The Bertz CT molecular complexity index is 734. The quantitative estimate of drug-likeness (QED) is 0.806. The van der Waals surface area contributed by atoms with E-state index >= 15 is 0 Å². The van der Waals surface area contributed by atoms with Crippen molar-refractivity contribution in [3.63, 3.8) is 0 Å². The van der Waals surface area contributed by atoms with Gasteiger partial charge in [0.05, 0.1) is 19.1 Å². The van der Waals surface area contributed by atoms with Crippen LogP contribution in [0.15, 0.2) is 28.2 Å². The second-order valence-electron chi connectivity index (χ2n) is 5.59. The Morgan fingerprint density at radius 2 is 2.33 bits per heavy atom. The molecule has 0 saturated carbocycles. The third-order valence-electron chi connectivity index (χ3n) is 4.05. The molecule has 1 atom stereocenters. The Morgan fingerprint density at radius 1 is 1.46 bits per heavy atom. The van der Waals surface area contributed by atoms with Crippen molar-refractivity contribution in [2.45, 2.75) is 18.9 Å². The van der Waals surface area contributed by atoms with Crippen LogP contribution in [0.4, 0.5) is 5.69 Å². The van der Waals surface area contributed by atoms with E-state index in [1.807, 2.05) is 19.2 Å². The van der Waals surface area contributed by atoms with Crippen LogP contribution in [0.5, 0.6) is 0 Å². The number of rotatable bonds is 2. The lowest BCUT2D eigenvalue weighted by atomic mass is 10.0. The summed E-state index contributed by atoms with van der Waals surface area (Å²) in [4.78, 5) is 10.5. The highest BCUT2D eigenvalue weighted by Gasteiger charge is 2.28. The number of benzene rings is 1.